The minimum Gasteiger partial charge on any atom is -0.355 e. The lowest BCUT2D eigenvalue weighted by molar-refractivity contribution is -0.121. The van der Waals surface area contributed by atoms with Crippen LogP contribution in [0.25, 0.3) is 21.8 Å². The Kier molecular flexibility index (Phi) is 4.65. The summed E-state index contributed by atoms with van der Waals surface area (Å²) in [5.74, 6) is 0.522. The molecule has 4 heteroatoms. The highest BCUT2D eigenvalue weighted by Gasteiger charge is 2.12. The zero-order valence-electron chi connectivity index (χ0n) is 14.1. The van der Waals surface area contributed by atoms with E-state index in [-0.39, 0.29) is 17.9 Å². The molecule has 1 N–H and O–H groups in total. The monoisotopic (exact) mass is 322 g/mol. The summed E-state index contributed by atoms with van der Waals surface area (Å²) in [6.45, 7) is 5.15. The fourth-order valence-electron chi connectivity index (χ4n) is 2.95. The Bertz CT molecular complexity index is 881. The minimum absolute atomic E-state index is 0.0117. The van der Waals surface area contributed by atoms with Crippen LogP contribution in [0.5, 0.6) is 0 Å². The van der Waals surface area contributed by atoms with Crippen molar-refractivity contribution >= 4 is 27.7 Å². The number of nitrogens with one attached hydrogen (secondary N) is 1. The second-order valence-corrected chi connectivity index (χ2v) is 6.48. The van der Waals surface area contributed by atoms with Gasteiger partial charge in [-0.3, -0.25) is 9.59 Å². The van der Waals surface area contributed by atoms with Gasteiger partial charge < -0.3 is 9.88 Å². The van der Waals surface area contributed by atoms with Crippen LogP contribution in [0.3, 0.4) is 0 Å². The molecule has 0 aliphatic heterocycles. The molecule has 0 aliphatic rings. The van der Waals surface area contributed by atoms with Crippen LogP contribution in [0.4, 0.5) is 0 Å². The Morgan fingerprint density at radius 2 is 1.54 bits per heavy atom. The molecule has 2 aromatic carbocycles. The van der Waals surface area contributed by atoms with Crippen molar-refractivity contribution in [1.29, 1.82) is 0 Å². The van der Waals surface area contributed by atoms with Gasteiger partial charge in [-0.2, -0.15) is 0 Å². The van der Waals surface area contributed by atoms with Gasteiger partial charge in [0.25, 0.3) is 0 Å². The van der Waals surface area contributed by atoms with E-state index in [0.29, 0.717) is 23.2 Å². The molecule has 24 heavy (non-hydrogen) atoms. The normalized spacial score (nSPS) is 11.3. The molecular formula is C20H22N2O2. The van der Waals surface area contributed by atoms with Crippen molar-refractivity contribution in [2.45, 2.75) is 26.8 Å². The first-order valence-corrected chi connectivity index (χ1v) is 8.35. The first-order chi connectivity index (χ1) is 11.6. The van der Waals surface area contributed by atoms with Crippen molar-refractivity contribution in [3.8, 4) is 0 Å². The Labute approximate surface area is 141 Å². The second kappa shape index (κ2) is 6.87. The highest BCUT2D eigenvalue weighted by atomic mass is 16.2. The number of carbonyl (C=O) groups excluding carboxylic acids is 1. The first kappa shape index (κ1) is 16.2. The smallest absolute Gasteiger partial charge is 0.239 e. The van der Waals surface area contributed by atoms with E-state index in [4.69, 9.17) is 0 Å². The van der Waals surface area contributed by atoms with Crippen LogP contribution in [0.2, 0.25) is 0 Å². The summed E-state index contributed by atoms with van der Waals surface area (Å²) in [6, 6.07) is 14.9. The van der Waals surface area contributed by atoms with Crippen LogP contribution in [-0.4, -0.2) is 17.0 Å². The molecule has 3 rings (SSSR count). The SMILES string of the molecule is CC(C)CCNC(=O)Cn1c2ccccc2c(=O)c2ccccc21. The zero-order chi connectivity index (χ0) is 17.1. The van der Waals surface area contributed by atoms with Gasteiger partial charge in [0.1, 0.15) is 6.54 Å². The molecule has 124 valence electrons. The van der Waals surface area contributed by atoms with Gasteiger partial charge in [-0.05, 0) is 36.6 Å². The van der Waals surface area contributed by atoms with Crippen LogP contribution in [0.15, 0.2) is 53.3 Å². The van der Waals surface area contributed by atoms with Crippen LogP contribution < -0.4 is 10.7 Å². The third-order valence-electron chi connectivity index (χ3n) is 4.22. The van der Waals surface area contributed by atoms with Gasteiger partial charge in [0, 0.05) is 17.3 Å². The molecule has 0 unspecified atom stereocenters. The van der Waals surface area contributed by atoms with Gasteiger partial charge in [0.15, 0.2) is 5.43 Å². The maximum absolute atomic E-state index is 12.7. The molecule has 0 fully saturated rings. The molecule has 0 bridgehead atoms. The van der Waals surface area contributed by atoms with Crippen molar-refractivity contribution < 1.29 is 4.79 Å². The quantitative estimate of drug-likeness (QED) is 0.733. The number of benzene rings is 2. The van der Waals surface area contributed by atoms with Crippen LogP contribution >= 0.6 is 0 Å². The molecule has 3 aromatic rings. The maximum Gasteiger partial charge on any atom is 0.239 e. The molecule has 0 saturated heterocycles. The summed E-state index contributed by atoms with van der Waals surface area (Å²) in [7, 11) is 0. The van der Waals surface area contributed by atoms with Crippen LogP contribution in [-0.2, 0) is 11.3 Å². The fourth-order valence-corrected chi connectivity index (χ4v) is 2.95. The molecule has 0 aliphatic carbocycles. The van der Waals surface area contributed by atoms with Crippen molar-refractivity contribution in [3.63, 3.8) is 0 Å². The van der Waals surface area contributed by atoms with Crippen LogP contribution in [0.1, 0.15) is 20.3 Å². The van der Waals surface area contributed by atoms with E-state index < -0.39 is 0 Å². The summed E-state index contributed by atoms with van der Waals surface area (Å²) < 4.78 is 1.93. The molecule has 1 heterocycles. The molecule has 0 radical (unpaired) electrons. The molecule has 0 saturated carbocycles. The minimum atomic E-state index is -0.0328. The largest absolute Gasteiger partial charge is 0.355 e. The number of aromatic nitrogens is 1. The molecule has 1 amide bonds. The van der Waals surface area contributed by atoms with Gasteiger partial charge in [-0.25, -0.2) is 0 Å². The summed E-state index contributed by atoms with van der Waals surface area (Å²) >= 11 is 0. The van der Waals surface area contributed by atoms with E-state index in [1.807, 2.05) is 53.1 Å². The number of nitrogens with zero attached hydrogens (tertiary/aromatic N) is 1. The number of rotatable bonds is 5. The standard InChI is InChI=1S/C20H22N2O2/c1-14(2)11-12-21-19(23)13-22-17-9-5-3-7-15(17)20(24)16-8-4-6-10-18(16)22/h3-10,14H,11-13H2,1-2H3,(H,21,23). The highest BCUT2D eigenvalue weighted by molar-refractivity contribution is 5.94. The highest BCUT2D eigenvalue weighted by Crippen LogP contribution is 2.18. The van der Waals surface area contributed by atoms with Gasteiger partial charge in [0.05, 0.1) is 11.0 Å². The summed E-state index contributed by atoms with van der Waals surface area (Å²) in [5, 5.41) is 4.26. The number of fused-ring (bicyclic) bond motifs is 2. The van der Waals surface area contributed by atoms with E-state index in [1.165, 1.54) is 0 Å². The van der Waals surface area contributed by atoms with E-state index in [1.54, 1.807) is 0 Å². The van der Waals surface area contributed by atoms with Crippen molar-refractivity contribution in [2.24, 2.45) is 5.92 Å². The number of carbonyl (C=O) groups is 1. The Hall–Kier alpha value is -2.62. The Morgan fingerprint density at radius 3 is 2.08 bits per heavy atom. The molecule has 0 spiro atoms. The average Bonchev–Trinajstić information content (AvgIpc) is 2.58. The summed E-state index contributed by atoms with van der Waals surface area (Å²) in [6.07, 6.45) is 0.956. The molecular weight excluding hydrogens is 300 g/mol. The molecule has 1 aromatic heterocycles. The maximum atomic E-state index is 12.7. The fraction of sp³-hybridized carbons (Fsp3) is 0.300. The third-order valence-corrected chi connectivity index (χ3v) is 4.22. The van der Waals surface area contributed by atoms with Crippen molar-refractivity contribution in [3.05, 3.63) is 58.8 Å². The number of pyridine rings is 1. The van der Waals surface area contributed by atoms with Crippen molar-refractivity contribution in [1.82, 2.24) is 9.88 Å². The second-order valence-electron chi connectivity index (χ2n) is 6.48. The Morgan fingerprint density at radius 1 is 1.00 bits per heavy atom. The van der Waals surface area contributed by atoms with Gasteiger partial charge in [-0.1, -0.05) is 38.1 Å². The lowest BCUT2D eigenvalue weighted by Crippen LogP contribution is -2.29. The third kappa shape index (κ3) is 3.18. The van der Waals surface area contributed by atoms with Gasteiger partial charge >= 0.3 is 0 Å². The summed E-state index contributed by atoms with van der Waals surface area (Å²) in [5.41, 5.74) is 1.60. The Balaban J connectivity index is 2.03. The lowest BCUT2D eigenvalue weighted by Gasteiger charge is -2.15. The zero-order valence-corrected chi connectivity index (χ0v) is 14.1. The topological polar surface area (TPSA) is 51.1 Å². The average molecular weight is 322 g/mol. The summed E-state index contributed by atoms with van der Waals surface area (Å²) in [4.78, 5) is 25.0. The van der Waals surface area contributed by atoms with Gasteiger partial charge in [0.2, 0.25) is 5.91 Å². The van der Waals surface area contributed by atoms with E-state index in [2.05, 4.69) is 19.2 Å². The number of amides is 1. The number of hydrogen-bond donors (Lipinski definition) is 1. The predicted molar refractivity (Wildman–Crippen MR) is 98.2 cm³/mol. The molecule has 4 nitrogen and oxygen atoms in total. The first-order valence-electron chi connectivity index (χ1n) is 8.35. The van der Waals surface area contributed by atoms with Crippen LogP contribution in [0, 0.1) is 5.92 Å². The molecule has 0 atom stereocenters. The lowest BCUT2D eigenvalue weighted by atomic mass is 10.1. The number of para-hydroxylation sites is 2. The predicted octanol–water partition coefficient (Wildman–Crippen LogP) is 3.32. The van der Waals surface area contributed by atoms with E-state index in [9.17, 15) is 9.59 Å². The van der Waals surface area contributed by atoms with Gasteiger partial charge in [-0.15, -0.1) is 0 Å². The number of hydrogen-bond acceptors (Lipinski definition) is 2. The van der Waals surface area contributed by atoms with Crippen molar-refractivity contribution in [2.75, 3.05) is 6.54 Å². The van der Waals surface area contributed by atoms with E-state index >= 15 is 0 Å². The van der Waals surface area contributed by atoms with E-state index in [0.717, 1.165) is 17.5 Å².